The van der Waals surface area contributed by atoms with Gasteiger partial charge < -0.3 is 20.1 Å². The molecule has 1 aliphatic rings. The number of hydrogen-bond acceptors (Lipinski definition) is 8. The number of nitrogens with zero attached hydrogens (tertiary/aromatic N) is 2. The van der Waals surface area contributed by atoms with Crippen LogP contribution in [0.1, 0.15) is 6.42 Å². The van der Waals surface area contributed by atoms with Crippen molar-refractivity contribution >= 4 is 17.7 Å². The second-order valence-corrected chi connectivity index (χ2v) is 4.37. The summed E-state index contributed by atoms with van der Waals surface area (Å²) in [7, 11) is 0.975. The van der Waals surface area contributed by atoms with Gasteiger partial charge in [0.2, 0.25) is 6.23 Å². The third kappa shape index (κ3) is 4.95. The maximum atomic E-state index is 12.3. The Bertz CT molecular complexity index is 520. The second-order valence-electron chi connectivity index (χ2n) is 4.37. The quantitative estimate of drug-likeness (QED) is 0.439. The van der Waals surface area contributed by atoms with Crippen LogP contribution in [-0.2, 0) is 24.0 Å². The fourth-order valence-corrected chi connectivity index (χ4v) is 1.62. The van der Waals surface area contributed by atoms with Crippen molar-refractivity contribution in [2.24, 2.45) is 10.9 Å². The Morgan fingerprint density at radius 2 is 1.71 bits per heavy atom. The topological polar surface area (TPSA) is 103 Å². The van der Waals surface area contributed by atoms with Crippen LogP contribution in [0.2, 0.25) is 0 Å². The van der Waals surface area contributed by atoms with Crippen molar-refractivity contribution in [2.75, 3.05) is 13.7 Å². The molecule has 1 fully saturated rings. The Morgan fingerprint density at radius 3 is 2.17 bits per heavy atom. The van der Waals surface area contributed by atoms with E-state index in [9.17, 15) is 35.9 Å². The first-order valence-electron chi connectivity index (χ1n) is 6.08. The Balaban J connectivity index is 3.08. The lowest BCUT2D eigenvalue weighted by molar-refractivity contribution is -0.269. The standard InChI is InChI=1S/C10H11F6N3O5/c1-22-18-5-4(17)2-3-19(24-8(21)10(14,15)16)6(5)23-7(20)9(11,12)13/h4,6H,2-3,17H2,1H3/b18-5+. The summed E-state index contributed by atoms with van der Waals surface area (Å²) in [6.45, 7) is -0.540. The van der Waals surface area contributed by atoms with Gasteiger partial charge in [-0.1, -0.05) is 10.2 Å². The van der Waals surface area contributed by atoms with Gasteiger partial charge in [-0.3, -0.25) is 0 Å². The minimum absolute atomic E-state index is 0.0840. The predicted octanol–water partition coefficient (Wildman–Crippen LogP) is 0.474. The number of piperidine rings is 1. The van der Waals surface area contributed by atoms with Crippen LogP contribution < -0.4 is 5.73 Å². The van der Waals surface area contributed by atoms with E-state index in [-0.39, 0.29) is 11.5 Å². The molecule has 1 aliphatic heterocycles. The van der Waals surface area contributed by atoms with Gasteiger partial charge in [-0.25, -0.2) is 9.59 Å². The highest BCUT2D eigenvalue weighted by atomic mass is 19.4. The molecule has 2 unspecified atom stereocenters. The summed E-state index contributed by atoms with van der Waals surface area (Å²) in [5, 5.41) is 3.32. The molecule has 0 aromatic heterocycles. The lowest BCUT2D eigenvalue weighted by Crippen LogP contribution is -2.58. The number of hydroxylamine groups is 2. The SMILES string of the molecule is CO/N=C1\C(N)CCN(OC(=O)C(F)(F)F)C1OC(=O)C(F)(F)F. The lowest BCUT2D eigenvalue weighted by Gasteiger charge is -2.36. The van der Waals surface area contributed by atoms with Crippen LogP contribution in [0, 0.1) is 0 Å². The van der Waals surface area contributed by atoms with Gasteiger partial charge in [0.1, 0.15) is 12.8 Å². The molecule has 0 aromatic rings. The number of ether oxygens (including phenoxy) is 1. The van der Waals surface area contributed by atoms with Crippen LogP contribution >= 0.6 is 0 Å². The number of carbonyl (C=O) groups excluding carboxylic acids is 2. The van der Waals surface area contributed by atoms with Crippen LogP contribution in [0.3, 0.4) is 0 Å². The number of nitrogens with two attached hydrogens (primary N) is 1. The molecule has 0 amide bonds. The van der Waals surface area contributed by atoms with Gasteiger partial charge in [0.05, 0.1) is 6.04 Å². The van der Waals surface area contributed by atoms with Crippen LogP contribution in [0.5, 0.6) is 0 Å². The van der Waals surface area contributed by atoms with E-state index >= 15 is 0 Å². The molecule has 138 valence electrons. The third-order valence-corrected chi connectivity index (χ3v) is 2.63. The molecule has 0 spiro atoms. The van der Waals surface area contributed by atoms with Crippen molar-refractivity contribution < 1.29 is 50.3 Å². The average molecular weight is 367 g/mol. The van der Waals surface area contributed by atoms with Gasteiger partial charge in [-0.15, -0.1) is 0 Å². The Kier molecular flexibility index (Phi) is 5.99. The first kappa shape index (κ1) is 20.0. The molecule has 1 heterocycles. The average Bonchev–Trinajstić information content (AvgIpc) is 2.43. The highest BCUT2D eigenvalue weighted by Gasteiger charge is 2.49. The minimum Gasteiger partial charge on any atom is -0.431 e. The van der Waals surface area contributed by atoms with Gasteiger partial charge in [0.25, 0.3) is 0 Å². The number of halogens is 6. The molecule has 2 atom stereocenters. The van der Waals surface area contributed by atoms with Gasteiger partial charge >= 0.3 is 24.3 Å². The van der Waals surface area contributed by atoms with Crippen molar-refractivity contribution in [1.29, 1.82) is 0 Å². The lowest BCUT2D eigenvalue weighted by atomic mass is 10.0. The molecule has 2 N–H and O–H groups in total. The first-order chi connectivity index (χ1) is 10.9. The molecule has 1 saturated heterocycles. The summed E-state index contributed by atoms with van der Waals surface area (Å²) in [6.07, 6.45) is -13.3. The predicted molar refractivity (Wildman–Crippen MR) is 61.8 cm³/mol. The molecular weight excluding hydrogens is 356 g/mol. The summed E-state index contributed by atoms with van der Waals surface area (Å²) < 4.78 is 77.7. The van der Waals surface area contributed by atoms with Crippen LogP contribution in [-0.4, -0.2) is 61.0 Å². The maximum absolute atomic E-state index is 12.3. The molecule has 0 aliphatic carbocycles. The summed E-state index contributed by atoms with van der Waals surface area (Å²) in [6, 6.07) is -1.10. The third-order valence-electron chi connectivity index (χ3n) is 2.63. The zero-order valence-electron chi connectivity index (χ0n) is 11.8. The number of esters is 1. The van der Waals surface area contributed by atoms with E-state index < -0.39 is 48.8 Å². The van der Waals surface area contributed by atoms with Gasteiger partial charge in [0, 0.05) is 6.54 Å². The van der Waals surface area contributed by atoms with E-state index in [1.165, 1.54) is 0 Å². The Hall–Kier alpha value is -2.09. The molecule has 0 aromatic carbocycles. The minimum atomic E-state index is -5.45. The summed E-state index contributed by atoms with van der Waals surface area (Å²) in [4.78, 5) is 30.1. The zero-order valence-corrected chi connectivity index (χ0v) is 11.8. The van der Waals surface area contributed by atoms with E-state index in [0.717, 1.165) is 7.11 Å². The van der Waals surface area contributed by atoms with Crippen molar-refractivity contribution in [2.45, 2.75) is 31.0 Å². The largest absolute Gasteiger partial charge is 0.492 e. The highest BCUT2D eigenvalue weighted by molar-refractivity contribution is 5.95. The highest BCUT2D eigenvalue weighted by Crippen LogP contribution is 2.25. The smallest absolute Gasteiger partial charge is 0.431 e. The summed E-state index contributed by atoms with van der Waals surface area (Å²) in [5.74, 6) is -5.46. The molecule has 0 radical (unpaired) electrons. The fraction of sp³-hybridized carbons (Fsp3) is 0.700. The molecule has 0 saturated carbocycles. The van der Waals surface area contributed by atoms with E-state index in [1.54, 1.807) is 0 Å². The molecule has 14 heteroatoms. The van der Waals surface area contributed by atoms with Crippen molar-refractivity contribution in [3.05, 3.63) is 0 Å². The molecular formula is C10H11F6N3O5. The summed E-state index contributed by atoms with van der Waals surface area (Å²) >= 11 is 0. The maximum Gasteiger partial charge on any atom is 0.492 e. The van der Waals surface area contributed by atoms with Crippen molar-refractivity contribution in [3.8, 4) is 0 Å². The normalized spacial score (nSPS) is 24.6. The fourth-order valence-electron chi connectivity index (χ4n) is 1.62. The number of rotatable bonds is 3. The second kappa shape index (κ2) is 7.21. The zero-order chi connectivity index (χ0) is 18.7. The molecule has 8 nitrogen and oxygen atoms in total. The Labute approximate surface area is 130 Å². The van der Waals surface area contributed by atoms with E-state index in [0.29, 0.717) is 0 Å². The van der Waals surface area contributed by atoms with Crippen molar-refractivity contribution in [3.63, 3.8) is 0 Å². The first-order valence-corrected chi connectivity index (χ1v) is 6.08. The van der Waals surface area contributed by atoms with Gasteiger partial charge in [-0.05, 0) is 6.42 Å². The molecule has 1 rings (SSSR count). The number of carbonyl (C=O) groups is 2. The number of oxime groups is 1. The van der Waals surface area contributed by atoms with E-state index in [4.69, 9.17) is 5.73 Å². The molecule has 24 heavy (non-hydrogen) atoms. The molecule has 0 bridgehead atoms. The van der Waals surface area contributed by atoms with Crippen LogP contribution in [0.25, 0.3) is 0 Å². The Morgan fingerprint density at radius 1 is 1.17 bits per heavy atom. The number of hydrogen-bond donors (Lipinski definition) is 1. The monoisotopic (exact) mass is 367 g/mol. The number of alkyl halides is 6. The van der Waals surface area contributed by atoms with E-state index in [1.807, 2.05) is 0 Å². The van der Waals surface area contributed by atoms with Crippen LogP contribution in [0.15, 0.2) is 5.16 Å². The van der Waals surface area contributed by atoms with Gasteiger partial charge in [0.15, 0.2) is 0 Å². The van der Waals surface area contributed by atoms with E-state index in [2.05, 4.69) is 19.6 Å². The van der Waals surface area contributed by atoms with Crippen molar-refractivity contribution in [1.82, 2.24) is 5.06 Å². The van der Waals surface area contributed by atoms with Crippen LogP contribution in [0.4, 0.5) is 26.3 Å². The summed E-state index contributed by atoms with van der Waals surface area (Å²) in [5.41, 5.74) is 4.99. The van der Waals surface area contributed by atoms with Gasteiger partial charge in [-0.2, -0.15) is 26.3 Å².